The molecule has 0 N–H and O–H groups in total. The van der Waals surface area contributed by atoms with E-state index in [4.69, 9.17) is 16.1 Å². The van der Waals surface area contributed by atoms with E-state index in [2.05, 4.69) is 26.9 Å². The quantitative estimate of drug-likeness (QED) is 0.745. The van der Waals surface area contributed by atoms with Crippen LogP contribution in [-0.4, -0.2) is 76.6 Å². The highest BCUT2D eigenvalue weighted by atomic mass is 35.5. The number of rotatable bonds is 5. The molecule has 1 unspecified atom stereocenters. The zero-order chi connectivity index (χ0) is 20.2. The lowest BCUT2D eigenvalue weighted by Gasteiger charge is -2.38. The summed E-state index contributed by atoms with van der Waals surface area (Å²) in [7, 11) is 0. The van der Waals surface area contributed by atoms with Crippen LogP contribution < -0.4 is 0 Å². The van der Waals surface area contributed by atoms with Crippen LogP contribution in [0.3, 0.4) is 0 Å². The Labute approximate surface area is 176 Å². The fraction of sp³-hybridized carbons (Fsp3) is 0.571. The van der Waals surface area contributed by atoms with E-state index in [9.17, 15) is 4.79 Å². The van der Waals surface area contributed by atoms with E-state index in [0.717, 1.165) is 64.2 Å². The lowest BCUT2D eigenvalue weighted by molar-refractivity contribution is -0.139. The van der Waals surface area contributed by atoms with Gasteiger partial charge in [-0.3, -0.25) is 9.69 Å². The summed E-state index contributed by atoms with van der Waals surface area (Å²) in [5, 5.41) is 4.73. The van der Waals surface area contributed by atoms with E-state index in [-0.39, 0.29) is 5.92 Å². The van der Waals surface area contributed by atoms with Crippen molar-refractivity contribution in [1.29, 1.82) is 0 Å². The summed E-state index contributed by atoms with van der Waals surface area (Å²) in [6, 6.07) is 7.42. The standard InChI is InChI=1S/C21H28ClN5O2/c1-2-25-9-11-27(12-10-25)21(28)17-6-4-8-26(14-17)15-19-23-20(24-29-19)16-5-3-7-18(22)13-16/h3,5,7,13,17H,2,4,6,8-12,14-15H2,1H3. The van der Waals surface area contributed by atoms with Gasteiger partial charge in [0.15, 0.2) is 0 Å². The molecule has 2 aliphatic heterocycles. The third kappa shape index (κ3) is 4.97. The molecule has 1 aromatic heterocycles. The van der Waals surface area contributed by atoms with Crippen molar-refractivity contribution >= 4 is 17.5 Å². The monoisotopic (exact) mass is 417 g/mol. The Morgan fingerprint density at radius 1 is 1.21 bits per heavy atom. The number of hydrogen-bond acceptors (Lipinski definition) is 6. The Morgan fingerprint density at radius 3 is 2.79 bits per heavy atom. The molecule has 0 aliphatic carbocycles. The highest BCUT2D eigenvalue weighted by Crippen LogP contribution is 2.23. The first-order chi connectivity index (χ1) is 14.1. The minimum Gasteiger partial charge on any atom is -0.340 e. The molecule has 1 atom stereocenters. The number of likely N-dealkylation sites (tertiary alicyclic amines) is 1. The fourth-order valence-electron chi connectivity index (χ4n) is 4.20. The molecule has 8 heteroatoms. The molecular formula is C21H28ClN5O2. The number of hydrogen-bond donors (Lipinski definition) is 0. The van der Waals surface area contributed by atoms with E-state index in [1.54, 1.807) is 0 Å². The lowest BCUT2D eigenvalue weighted by Crippen LogP contribution is -2.52. The molecule has 3 heterocycles. The number of aromatic nitrogens is 2. The summed E-state index contributed by atoms with van der Waals surface area (Å²) in [5.74, 6) is 1.48. The highest BCUT2D eigenvalue weighted by Gasteiger charge is 2.31. The van der Waals surface area contributed by atoms with E-state index in [1.807, 2.05) is 29.2 Å². The van der Waals surface area contributed by atoms with Crippen LogP contribution in [0.1, 0.15) is 25.7 Å². The first-order valence-electron chi connectivity index (χ1n) is 10.4. The van der Waals surface area contributed by atoms with Gasteiger partial charge in [0, 0.05) is 43.3 Å². The Morgan fingerprint density at radius 2 is 2.03 bits per heavy atom. The first-order valence-corrected chi connectivity index (χ1v) is 10.8. The minimum atomic E-state index is 0.0623. The van der Waals surface area contributed by atoms with Crippen LogP contribution in [0, 0.1) is 5.92 Å². The van der Waals surface area contributed by atoms with Crippen molar-refractivity contribution in [3.8, 4) is 11.4 Å². The maximum Gasteiger partial charge on any atom is 0.241 e. The maximum atomic E-state index is 13.0. The molecule has 4 rings (SSSR count). The molecule has 0 radical (unpaired) electrons. The lowest BCUT2D eigenvalue weighted by atomic mass is 9.96. The molecule has 0 spiro atoms. The van der Waals surface area contributed by atoms with Gasteiger partial charge in [0.25, 0.3) is 0 Å². The predicted molar refractivity (Wildman–Crippen MR) is 111 cm³/mol. The normalized spacial score (nSPS) is 21.4. The molecular weight excluding hydrogens is 390 g/mol. The summed E-state index contributed by atoms with van der Waals surface area (Å²) in [4.78, 5) is 24.2. The molecule has 0 bridgehead atoms. The Bertz CT molecular complexity index is 834. The van der Waals surface area contributed by atoms with Gasteiger partial charge in [-0.1, -0.05) is 35.8 Å². The van der Waals surface area contributed by atoms with E-state index >= 15 is 0 Å². The first kappa shape index (κ1) is 20.3. The van der Waals surface area contributed by atoms with E-state index in [1.165, 1.54) is 0 Å². The van der Waals surface area contributed by atoms with Crippen LogP contribution >= 0.6 is 11.6 Å². The van der Waals surface area contributed by atoms with Gasteiger partial charge in [-0.15, -0.1) is 0 Å². The summed E-state index contributed by atoms with van der Waals surface area (Å²) in [6.07, 6.45) is 1.97. The molecule has 2 aromatic rings. The van der Waals surface area contributed by atoms with Gasteiger partial charge in [-0.2, -0.15) is 4.98 Å². The number of carbonyl (C=O) groups excluding carboxylic acids is 1. The summed E-state index contributed by atoms with van der Waals surface area (Å²) < 4.78 is 5.45. The molecule has 156 valence electrons. The second kappa shape index (κ2) is 9.24. The van der Waals surface area contributed by atoms with Crippen molar-refractivity contribution < 1.29 is 9.32 Å². The van der Waals surface area contributed by atoms with Crippen molar-refractivity contribution in [2.75, 3.05) is 45.8 Å². The highest BCUT2D eigenvalue weighted by molar-refractivity contribution is 6.30. The topological polar surface area (TPSA) is 65.7 Å². The van der Waals surface area contributed by atoms with Crippen molar-refractivity contribution in [2.45, 2.75) is 26.3 Å². The number of benzene rings is 1. The summed E-state index contributed by atoms with van der Waals surface area (Å²) in [6.45, 7) is 9.14. The van der Waals surface area contributed by atoms with Gasteiger partial charge in [0.2, 0.25) is 17.6 Å². The maximum absolute atomic E-state index is 13.0. The summed E-state index contributed by atoms with van der Waals surface area (Å²) >= 11 is 6.05. The van der Waals surface area contributed by atoms with Gasteiger partial charge < -0.3 is 14.3 Å². The smallest absolute Gasteiger partial charge is 0.241 e. The Balaban J connectivity index is 1.34. The number of piperazine rings is 1. The predicted octanol–water partition coefficient (Wildman–Crippen LogP) is 2.77. The Hall–Kier alpha value is -1.96. The number of piperidine rings is 1. The van der Waals surface area contributed by atoms with Crippen LogP contribution in [0.25, 0.3) is 11.4 Å². The van der Waals surface area contributed by atoms with Gasteiger partial charge >= 0.3 is 0 Å². The summed E-state index contributed by atoms with van der Waals surface area (Å²) in [5.41, 5.74) is 0.838. The molecule has 7 nitrogen and oxygen atoms in total. The van der Waals surface area contributed by atoms with Crippen molar-refractivity contribution in [2.24, 2.45) is 5.92 Å². The molecule has 2 aliphatic rings. The number of carbonyl (C=O) groups is 1. The van der Waals surface area contributed by atoms with Crippen LogP contribution in [-0.2, 0) is 11.3 Å². The van der Waals surface area contributed by atoms with Crippen LogP contribution in [0.5, 0.6) is 0 Å². The molecule has 2 saturated heterocycles. The molecule has 2 fully saturated rings. The second-order valence-electron chi connectivity index (χ2n) is 7.86. The average molecular weight is 418 g/mol. The van der Waals surface area contributed by atoms with Crippen molar-refractivity contribution in [1.82, 2.24) is 24.8 Å². The average Bonchev–Trinajstić information content (AvgIpc) is 3.22. The number of nitrogens with zero attached hydrogens (tertiary/aromatic N) is 5. The number of amides is 1. The number of likely N-dealkylation sites (N-methyl/N-ethyl adjacent to an activating group) is 1. The third-order valence-electron chi connectivity index (χ3n) is 5.90. The Kier molecular flexibility index (Phi) is 6.47. The van der Waals surface area contributed by atoms with E-state index in [0.29, 0.717) is 29.2 Å². The molecule has 1 aromatic carbocycles. The number of halogens is 1. The molecule has 29 heavy (non-hydrogen) atoms. The molecule has 1 amide bonds. The third-order valence-corrected chi connectivity index (χ3v) is 6.13. The van der Waals surface area contributed by atoms with Crippen LogP contribution in [0.4, 0.5) is 0 Å². The largest absolute Gasteiger partial charge is 0.340 e. The second-order valence-corrected chi connectivity index (χ2v) is 8.29. The van der Waals surface area contributed by atoms with Gasteiger partial charge in [-0.25, -0.2) is 0 Å². The van der Waals surface area contributed by atoms with Crippen molar-refractivity contribution in [3.63, 3.8) is 0 Å². The van der Waals surface area contributed by atoms with Gasteiger partial charge in [0.1, 0.15) is 0 Å². The SMILES string of the molecule is CCN1CCN(C(=O)C2CCCN(Cc3nc(-c4cccc(Cl)c4)no3)C2)CC1. The minimum absolute atomic E-state index is 0.0623. The molecule has 0 saturated carbocycles. The zero-order valence-corrected chi connectivity index (χ0v) is 17.6. The van der Waals surface area contributed by atoms with Crippen LogP contribution in [0.15, 0.2) is 28.8 Å². The van der Waals surface area contributed by atoms with Gasteiger partial charge in [0.05, 0.1) is 12.5 Å². The van der Waals surface area contributed by atoms with Crippen molar-refractivity contribution in [3.05, 3.63) is 35.2 Å². The fourth-order valence-corrected chi connectivity index (χ4v) is 4.39. The van der Waals surface area contributed by atoms with E-state index < -0.39 is 0 Å². The van der Waals surface area contributed by atoms with Gasteiger partial charge in [-0.05, 0) is 38.1 Å². The zero-order valence-electron chi connectivity index (χ0n) is 16.9. The van der Waals surface area contributed by atoms with Crippen LogP contribution in [0.2, 0.25) is 5.02 Å².